The number of allylic oxidation sites excluding steroid dienone is 1. The Bertz CT molecular complexity index is 3020. The minimum absolute atomic E-state index is 0.907. The highest BCUT2D eigenvalue weighted by molar-refractivity contribution is 6.10. The van der Waals surface area contributed by atoms with E-state index in [1.807, 2.05) is 13.0 Å². The molecule has 2 heteroatoms. The Balaban J connectivity index is 0.971. The fraction of sp³-hybridized carbons (Fsp3) is 0.0182. The van der Waals surface area contributed by atoms with Crippen molar-refractivity contribution >= 4 is 55.8 Å². The van der Waals surface area contributed by atoms with Gasteiger partial charge < -0.3 is 9.32 Å². The molecule has 0 saturated heterocycles. The molecule has 0 N–H and O–H groups in total. The normalized spacial score (nSPS) is 11.5. The van der Waals surface area contributed by atoms with Crippen LogP contribution in [0.5, 0.6) is 0 Å². The molecule has 0 unspecified atom stereocenters. The van der Waals surface area contributed by atoms with Gasteiger partial charge in [-0.2, -0.15) is 0 Å². The van der Waals surface area contributed by atoms with Crippen LogP contribution in [0.1, 0.15) is 12.5 Å². The minimum atomic E-state index is 0.907. The summed E-state index contributed by atoms with van der Waals surface area (Å²) in [6.07, 6.45) is 4.22. The van der Waals surface area contributed by atoms with Crippen LogP contribution in [-0.2, 0) is 0 Å². The number of fused-ring (bicyclic) bond motifs is 4. The van der Waals surface area contributed by atoms with Gasteiger partial charge in [0.1, 0.15) is 11.2 Å². The van der Waals surface area contributed by atoms with E-state index in [1.54, 1.807) is 0 Å². The molecule has 1 heterocycles. The van der Waals surface area contributed by atoms with Gasteiger partial charge in [0.15, 0.2) is 0 Å². The molecule has 270 valence electrons. The Morgan fingerprint density at radius 3 is 1.54 bits per heavy atom. The first-order chi connectivity index (χ1) is 28.2. The molecule has 0 spiro atoms. The van der Waals surface area contributed by atoms with E-state index in [2.05, 4.69) is 217 Å². The van der Waals surface area contributed by atoms with E-state index >= 15 is 0 Å². The Kier molecular flexibility index (Phi) is 8.78. The number of furan rings is 1. The lowest BCUT2D eigenvalue weighted by Crippen LogP contribution is -2.09. The van der Waals surface area contributed by atoms with Crippen molar-refractivity contribution < 1.29 is 4.42 Å². The Hall–Kier alpha value is -7.42. The summed E-state index contributed by atoms with van der Waals surface area (Å²) in [7, 11) is 0. The van der Waals surface area contributed by atoms with E-state index in [0.29, 0.717) is 0 Å². The third-order valence-corrected chi connectivity index (χ3v) is 11.0. The molecule has 0 saturated carbocycles. The molecular formula is C55H39NO. The SMILES string of the molecule is C/C=C\c1cccc2oc3ccc(-c4ccc(-c5ccc(N(c6ccc(-c7ccccc7)cc6)c6ccc(-c7cccc8ccccc78)cc6)cc5)cc4)cc3c12. The summed E-state index contributed by atoms with van der Waals surface area (Å²) in [6, 6.07) is 74.1. The molecule has 1 aromatic heterocycles. The van der Waals surface area contributed by atoms with Crippen LogP contribution in [0, 0.1) is 0 Å². The summed E-state index contributed by atoms with van der Waals surface area (Å²) in [6.45, 7) is 2.05. The molecule has 0 atom stereocenters. The maximum absolute atomic E-state index is 6.21. The molecule has 10 aromatic rings. The van der Waals surface area contributed by atoms with E-state index in [-0.39, 0.29) is 0 Å². The summed E-state index contributed by atoms with van der Waals surface area (Å²) in [5, 5.41) is 4.80. The number of anilines is 3. The van der Waals surface area contributed by atoms with Gasteiger partial charge in [-0.1, -0.05) is 164 Å². The Morgan fingerprint density at radius 1 is 0.386 bits per heavy atom. The number of nitrogens with zero attached hydrogens (tertiary/aromatic N) is 1. The fourth-order valence-electron chi connectivity index (χ4n) is 8.16. The Labute approximate surface area is 333 Å². The van der Waals surface area contributed by atoms with Crippen LogP contribution in [0.4, 0.5) is 17.1 Å². The monoisotopic (exact) mass is 729 g/mol. The summed E-state index contributed by atoms with van der Waals surface area (Å²) < 4.78 is 6.21. The van der Waals surface area contributed by atoms with Gasteiger partial charge in [-0.15, -0.1) is 0 Å². The smallest absolute Gasteiger partial charge is 0.136 e. The zero-order chi connectivity index (χ0) is 38.1. The van der Waals surface area contributed by atoms with Gasteiger partial charge in [0, 0.05) is 27.8 Å². The standard InChI is InChI=1S/C55H39NO/c1-2-10-45-15-9-18-54-55(45)52-37-46(29-36-53(52)57-54)42-21-19-39(20-22-42)41-25-32-48(33-26-41)56(47-30-23-40(24-31-47)38-11-4-3-5-12-38)49-34-27-44(28-35-49)51-17-8-14-43-13-6-7-16-50(43)51/h2-37H,1H3/b10-2-. The first-order valence-electron chi connectivity index (χ1n) is 19.5. The summed E-state index contributed by atoms with van der Waals surface area (Å²) in [5.74, 6) is 0. The van der Waals surface area contributed by atoms with Crippen molar-refractivity contribution in [2.24, 2.45) is 0 Å². The van der Waals surface area contributed by atoms with E-state index < -0.39 is 0 Å². The summed E-state index contributed by atoms with van der Waals surface area (Å²) >= 11 is 0. The maximum Gasteiger partial charge on any atom is 0.136 e. The number of hydrogen-bond donors (Lipinski definition) is 0. The van der Waals surface area contributed by atoms with Gasteiger partial charge in [-0.05, 0) is 122 Å². The minimum Gasteiger partial charge on any atom is -0.456 e. The molecule has 2 nitrogen and oxygen atoms in total. The Morgan fingerprint density at radius 2 is 0.895 bits per heavy atom. The van der Waals surface area contributed by atoms with Gasteiger partial charge in [-0.3, -0.25) is 0 Å². The van der Waals surface area contributed by atoms with Crippen molar-refractivity contribution in [3.05, 3.63) is 218 Å². The van der Waals surface area contributed by atoms with E-state index in [1.165, 1.54) is 60.8 Å². The van der Waals surface area contributed by atoms with Crippen LogP contribution in [0.15, 0.2) is 217 Å². The quantitative estimate of drug-likeness (QED) is 0.155. The predicted octanol–water partition coefficient (Wildman–Crippen LogP) is 15.9. The summed E-state index contributed by atoms with van der Waals surface area (Å²) in [4.78, 5) is 2.34. The van der Waals surface area contributed by atoms with Crippen LogP contribution in [-0.4, -0.2) is 0 Å². The third kappa shape index (κ3) is 6.48. The van der Waals surface area contributed by atoms with Crippen molar-refractivity contribution in [1.29, 1.82) is 0 Å². The van der Waals surface area contributed by atoms with E-state index in [4.69, 9.17) is 4.42 Å². The molecule has 0 aliphatic rings. The largest absolute Gasteiger partial charge is 0.456 e. The second kappa shape index (κ2) is 14.7. The molecule has 0 radical (unpaired) electrons. The molecule has 0 bridgehead atoms. The number of hydrogen-bond acceptors (Lipinski definition) is 2. The molecular weight excluding hydrogens is 691 g/mol. The molecule has 0 aliphatic heterocycles. The van der Waals surface area contributed by atoms with Crippen LogP contribution in [0.2, 0.25) is 0 Å². The summed E-state index contributed by atoms with van der Waals surface area (Å²) in [5.41, 5.74) is 15.8. The molecule has 9 aromatic carbocycles. The van der Waals surface area contributed by atoms with Crippen molar-refractivity contribution in [2.75, 3.05) is 4.90 Å². The van der Waals surface area contributed by atoms with Crippen molar-refractivity contribution in [3.8, 4) is 44.5 Å². The lowest BCUT2D eigenvalue weighted by Gasteiger charge is -2.26. The average Bonchev–Trinajstić information content (AvgIpc) is 3.66. The molecule has 0 amide bonds. The fourth-order valence-corrected chi connectivity index (χ4v) is 8.16. The van der Waals surface area contributed by atoms with Crippen LogP contribution in [0.3, 0.4) is 0 Å². The molecule has 10 rings (SSSR count). The van der Waals surface area contributed by atoms with Gasteiger partial charge in [0.05, 0.1) is 0 Å². The van der Waals surface area contributed by atoms with E-state index in [9.17, 15) is 0 Å². The van der Waals surface area contributed by atoms with Crippen LogP contribution >= 0.6 is 0 Å². The highest BCUT2D eigenvalue weighted by Gasteiger charge is 2.15. The highest BCUT2D eigenvalue weighted by atomic mass is 16.3. The van der Waals surface area contributed by atoms with Crippen molar-refractivity contribution in [3.63, 3.8) is 0 Å². The maximum atomic E-state index is 6.21. The van der Waals surface area contributed by atoms with Crippen molar-refractivity contribution in [1.82, 2.24) is 0 Å². The lowest BCUT2D eigenvalue weighted by molar-refractivity contribution is 0.669. The highest BCUT2D eigenvalue weighted by Crippen LogP contribution is 2.39. The van der Waals surface area contributed by atoms with E-state index in [0.717, 1.165) is 39.0 Å². The first-order valence-corrected chi connectivity index (χ1v) is 19.5. The van der Waals surface area contributed by atoms with Gasteiger partial charge >= 0.3 is 0 Å². The average molecular weight is 730 g/mol. The first kappa shape index (κ1) is 34.1. The van der Waals surface area contributed by atoms with Gasteiger partial charge in [0.2, 0.25) is 0 Å². The lowest BCUT2D eigenvalue weighted by atomic mass is 9.97. The zero-order valence-electron chi connectivity index (χ0n) is 31.6. The number of benzene rings is 9. The van der Waals surface area contributed by atoms with Crippen molar-refractivity contribution in [2.45, 2.75) is 6.92 Å². The zero-order valence-corrected chi connectivity index (χ0v) is 31.6. The number of rotatable bonds is 8. The molecule has 57 heavy (non-hydrogen) atoms. The second-order valence-electron chi connectivity index (χ2n) is 14.5. The van der Waals surface area contributed by atoms with Gasteiger partial charge in [-0.25, -0.2) is 0 Å². The van der Waals surface area contributed by atoms with Gasteiger partial charge in [0.25, 0.3) is 0 Å². The van der Waals surface area contributed by atoms with Crippen LogP contribution < -0.4 is 4.90 Å². The van der Waals surface area contributed by atoms with Crippen LogP contribution in [0.25, 0.3) is 83.3 Å². The second-order valence-corrected chi connectivity index (χ2v) is 14.5. The topological polar surface area (TPSA) is 16.4 Å². The molecule has 0 aliphatic carbocycles. The molecule has 0 fully saturated rings. The predicted molar refractivity (Wildman–Crippen MR) is 242 cm³/mol. The third-order valence-electron chi connectivity index (χ3n) is 11.0.